The van der Waals surface area contributed by atoms with E-state index in [4.69, 9.17) is 23.2 Å². The molecule has 0 aliphatic rings. The number of ketones is 1. The predicted molar refractivity (Wildman–Crippen MR) is 106 cm³/mol. The number of alkyl halides is 2. The number of allylic oxidation sites excluding steroid dienone is 1. The summed E-state index contributed by atoms with van der Waals surface area (Å²) in [7, 11) is 0. The number of hydrogen-bond donors (Lipinski definition) is 1. The molecule has 0 saturated carbocycles. The van der Waals surface area contributed by atoms with E-state index >= 15 is 0 Å². The highest BCUT2D eigenvalue weighted by Crippen LogP contribution is 2.31. The summed E-state index contributed by atoms with van der Waals surface area (Å²) in [4.78, 5) is 18.4. The van der Waals surface area contributed by atoms with Crippen molar-refractivity contribution >= 4 is 29.0 Å². The van der Waals surface area contributed by atoms with Crippen molar-refractivity contribution in [2.45, 2.75) is 33.2 Å². The number of nitrogens with zero attached hydrogens (tertiary/aromatic N) is 3. The molecule has 0 bridgehead atoms. The Balaban J connectivity index is 2.31. The molecule has 0 atom stereocenters. The molecule has 0 amide bonds. The third-order valence-corrected chi connectivity index (χ3v) is 4.47. The van der Waals surface area contributed by atoms with Gasteiger partial charge in [0.25, 0.3) is 0 Å². The molecule has 28 heavy (non-hydrogen) atoms. The topological polar surface area (TPSA) is 61.9 Å². The lowest BCUT2D eigenvalue weighted by atomic mass is 9.95. The van der Waals surface area contributed by atoms with Crippen LogP contribution in [-0.4, -0.2) is 39.0 Å². The Morgan fingerprint density at radius 1 is 1.25 bits per heavy atom. The smallest absolute Gasteiger partial charge is 0.293 e. The van der Waals surface area contributed by atoms with Crippen molar-refractivity contribution in [3.05, 3.63) is 58.1 Å². The third kappa shape index (κ3) is 5.59. The first kappa shape index (κ1) is 22.5. The van der Waals surface area contributed by atoms with Crippen LogP contribution in [0.3, 0.4) is 0 Å². The van der Waals surface area contributed by atoms with Crippen molar-refractivity contribution in [2.75, 3.05) is 13.1 Å². The molecule has 0 saturated heterocycles. The van der Waals surface area contributed by atoms with Gasteiger partial charge in [0.15, 0.2) is 5.78 Å². The van der Waals surface area contributed by atoms with Gasteiger partial charge in [-0.15, -0.1) is 0 Å². The van der Waals surface area contributed by atoms with E-state index < -0.39 is 5.92 Å². The molecule has 0 aromatic carbocycles. The van der Waals surface area contributed by atoms with Gasteiger partial charge in [0, 0.05) is 31.0 Å². The molecule has 1 N–H and O–H groups in total. The molecule has 2 heterocycles. The van der Waals surface area contributed by atoms with E-state index in [2.05, 4.69) is 21.8 Å². The molecule has 0 radical (unpaired) electrons. The van der Waals surface area contributed by atoms with E-state index in [9.17, 15) is 13.6 Å². The summed E-state index contributed by atoms with van der Waals surface area (Å²) in [6, 6.07) is 0. The van der Waals surface area contributed by atoms with Crippen molar-refractivity contribution in [1.82, 2.24) is 20.1 Å². The maximum atomic E-state index is 14.1. The minimum Gasteiger partial charge on any atom is -0.293 e. The zero-order valence-electron chi connectivity index (χ0n) is 15.9. The molecule has 2 aromatic rings. The quantitative estimate of drug-likeness (QED) is 0.466. The van der Waals surface area contributed by atoms with E-state index in [1.54, 1.807) is 4.90 Å². The van der Waals surface area contributed by atoms with Crippen LogP contribution in [-0.2, 0) is 12.5 Å². The number of carbonyl (C=O) groups excluding carboxylic acids is 1. The monoisotopic (exact) mass is 430 g/mol. The molecular formula is C19H22Cl2F2N4O. The second kappa shape index (κ2) is 8.68. The lowest BCUT2D eigenvalue weighted by Crippen LogP contribution is -2.37. The van der Waals surface area contributed by atoms with Crippen molar-refractivity contribution in [2.24, 2.45) is 5.41 Å². The standard InChI is InChI=1S/C19H22Cl2F2N4O/c1-5-19(22,23)17-12(6-25-26-17)9-27(11-18(2,3)4)10-15(28)16-13(20)7-24-8-14(16)21/h5-8H,1,9-11H2,2-4H3,(H,25,26). The number of nitrogens with one attached hydrogen (secondary N) is 1. The van der Waals surface area contributed by atoms with Gasteiger partial charge in [-0.05, 0) is 11.5 Å². The average molecular weight is 431 g/mol. The molecular weight excluding hydrogens is 409 g/mol. The fourth-order valence-electron chi connectivity index (χ4n) is 2.86. The van der Waals surface area contributed by atoms with E-state index in [0.717, 1.165) is 0 Å². The Morgan fingerprint density at radius 3 is 2.39 bits per heavy atom. The van der Waals surface area contributed by atoms with Gasteiger partial charge in [-0.3, -0.25) is 19.8 Å². The van der Waals surface area contributed by atoms with Gasteiger partial charge < -0.3 is 0 Å². The average Bonchev–Trinajstić information content (AvgIpc) is 3.02. The SMILES string of the molecule is C=CC(F)(F)c1[nH]ncc1CN(CC(=O)c1c(Cl)cncc1Cl)CC(C)(C)C. The Labute approximate surface area is 172 Å². The van der Waals surface area contributed by atoms with Crippen LogP contribution in [0.5, 0.6) is 0 Å². The minimum absolute atomic E-state index is 0.0506. The Kier molecular flexibility index (Phi) is 6.96. The maximum Gasteiger partial charge on any atom is 0.307 e. The van der Waals surface area contributed by atoms with Crippen LogP contribution >= 0.6 is 23.2 Å². The Morgan fingerprint density at radius 2 is 1.86 bits per heavy atom. The van der Waals surface area contributed by atoms with Crippen LogP contribution in [0.4, 0.5) is 8.78 Å². The number of H-pyrrole nitrogens is 1. The first-order valence-corrected chi connectivity index (χ1v) is 9.29. The van der Waals surface area contributed by atoms with Gasteiger partial charge in [-0.1, -0.05) is 50.6 Å². The first-order valence-electron chi connectivity index (χ1n) is 8.53. The summed E-state index contributed by atoms with van der Waals surface area (Å²) in [5.74, 6) is -3.57. The molecule has 0 unspecified atom stereocenters. The highest BCUT2D eigenvalue weighted by Gasteiger charge is 2.33. The Bertz CT molecular complexity index is 842. The molecule has 0 fully saturated rings. The van der Waals surface area contributed by atoms with Crippen LogP contribution in [0.1, 0.15) is 42.4 Å². The van der Waals surface area contributed by atoms with E-state index in [-0.39, 0.29) is 51.2 Å². The molecule has 0 spiro atoms. The fourth-order valence-corrected chi connectivity index (χ4v) is 3.44. The Hall–Kier alpha value is -1.83. The summed E-state index contributed by atoms with van der Waals surface area (Å²) in [5.41, 5.74) is -0.0689. The summed E-state index contributed by atoms with van der Waals surface area (Å²) in [5, 5.41) is 6.37. The number of aromatic amines is 1. The summed E-state index contributed by atoms with van der Waals surface area (Å²) < 4.78 is 28.2. The van der Waals surface area contributed by atoms with Gasteiger partial charge in [0.05, 0.1) is 28.4 Å². The van der Waals surface area contributed by atoms with Gasteiger partial charge in [-0.25, -0.2) is 0 Å². The van der Waals surface area contributed by atoms with Crippen LogP contribution in [0.2, 0.25) is 10.0 Å². The van der Waals surface area contributed by atoms with Gasteiger partial charge in [0.2, 0.25) is 0 Å². The predicted octanol–water partition coefficient (Wildman–Crippen LogP) is 5.12. The number of aromatic nitrogens is 3. The van der Waals surface area contributed by atoms with Gasteiger partial charge in [0.1, 0.15) is 5.69 Å². The number of Topliss-reactive ketones (excluding diaryl/α,β-unsaturated/α-hetero) is 1. The molecule has 9 heteroatoms. The van der Waals surface area contributed by atoms with E-state index in [0.29, 0.717) is 12.6 Å². The molecule has 2 rings (SSSR count). The number of pyridine rings is 1. The van der Waals surface area contributed by atoms with Crippen LogP contribution in [0.25, 0.3) is 0 Å². The third-order valence-electron chi connectivity index (χ3n) is 3.90. The van der Waals surface area contributed by atoms with Crippen molar-refractivity contribution in [1.29, 1.82) is 0 Å². The highest BCUT2D eigenvalue weighted by atomic mass is 35.5. The van der Waals surface area contributed by atoms with Gasteiger partial charge >= 0.3 is 5.92 Å². The first-order chi connectivity index (χ1) is 12.9. The second-order valence-corrected chi connectivity index (χ2v) is 8.52. The molecule has 5 nitrogen and oxygen atoms in total. The zero-order valence-corrected chi connectivity index (χ0v) is 17.4. The molecule has 152 valence electrons. The van der Waals surface area contributed by atoms with E-state index in [1.807, 2.05) is 20.8 Å². The van der Waals surface area contributed by atoms with Crippen LogP contribution in [0, 0.1) is 5.41 Å². The lowest BCUT2D eigenvalue weighted by molar-refractivity contribution is 0.0455. The normalized spacial score (nSPS) is 12.4. The second-order valence-electron chi connectivity index (χ2n) is 7.70. The molecule has 0 aliphatic carbocycles. The van der Waals surface area contributed by atoms with Crippen LogP contribution in [0.15, 0.2) is 31.2 Å². The lowest BCUT2D eigenvalue weighted by Gasteiger charge is -2.30. The summed E-state index contributed by atoms with van der Waals surface area (Å²) in [6.45, 7) is 9.67. The fraction of sp³-hybridized carbons (Fsp3) is 0.421. The van der Waals surface area contributed by atoms with Crippen molar-refractivity contribution in [3.8, 4) is 0 Å². The number of hydrogen-bond acceptors (Lipinski definition) is 4. The minimum atomic E-state index is -3.25. The number of rotatable bonds is 8. The zero-order chi connectivity index (χ0) is 21.1. The van der Waals surface area contributed by atoms with Gasteiger partial charge in [-0.2, -0.15) is 13.9 Å². The largest absolute Gasteiger partial charge is 0.307 e. The number of halogens is 4. The molecule has 2 aromatic heterocycles. The highest BCUT2D eigenvalue weighted by molar-refractivity contribution is 6.39. The number of carbonyl (C=O) groups is 1. The summed E-state index contributed by atoms with van der Waals surface area (Å²) >= 11 is 12.2. The summed E-state index contributed by atoms with van der Waals surface area (Å²) in [6.07, 6.45) is 4.57. The maximum absolute atomic E-state index is 14.1. The van der Waals surface area contributed by atoms with E-state index in [1.165, 1.54) is 18.6 Å². The van der Waals surface area contributed by atoms with Crippen LogP contribution < -0.4 is 0 Å². The van der Waals surface area contributed by atoms with Crippen molar-refractivity contribution < 1.29 is 13.6 Å². The molecule has 0 aliphatic heterocycles. The van der Waals surface area contributed by atoms with Crippen molar-refractivity contribution in [3.63, 3.8) is 0 Å².